The molecule has 0 aliphatic carbocycles. The molecule has 0 saturated heterocycles. The van der Waals surface area contributed by atoms with E-state index in [1.807, 2.05) is 0 Å². The van der Waals surface area contributed by atoms with E-state index in [1.165, 1.54) is 109 Å². The number of allylic oxidation sites excluding steroid dienone is 2. The maximum atomic E-state index is 3.90. The van der Waals surface area contributed by atoms with E-state index in [1.54, 1.807) is 0 Å². The molecule has 0 fully saturated rings. The molecule has 0 heteroatoms. The minimum Gasteiger partial charge on any atom is -0.0917 e. The van der Waals surface area contributed by atoms with Gasteiger partial charge in [-0.3, -0.25) is 0 Å². The Labute approximate surface area is 142 Å². The molecule has 0 rings (SSSR count). The normalized spacial score (nSPS) is 11.5. The van der Waals surface area contributed by atoms with Gasteiger partial charge in [0, 0.05) is 0 Å². The third-order valence-corrected chi connectivity index (χ3v) is 4.61. The summed E-state index contributed by atoms with van der Waals surface area (Å²) >= 11 is 0. The van der Waals surface area contributed by atoms with E-state index >= 15 is 0 Å². The van der Waals surface area contributed by atoms with Crippen LogP contribution in [0.2, 0.25) is 0 Å². The molecule has 0 aromatic carbocycles. The van der Waals surface area contributed by atoms with Crippen molar-refractivity contribution >= 4 is 0 Å². The average molecular weight is 308 g/mol. The first-order valence-corrected chi connectivity index (χ1v) is 10.3. The van der Waals surface area contributed by atoms with Crippen LogP contribution in [0.5, 0.6) is 0 Å². The van der Waals surface area contributed by atoms with E-state index in [0.717, 1.165) is 6.42 Å². The SMILES string of the molecule is [CH2]CCCCCCCCCCCCCCCCCCC=CC. The molecule has 0 atom stereocenters. The van der Waals surface area contributed by atoms with Gasteiger partial charge in [0.1, 0.15) is 0 Å². The van der Waals surface area contributed by atoms with Gasteiger partial charge in [-0.2, -0.15) is 0 Å². The zero-order valence-electron chi connectivity index (χ0n) is 15.6. The van der Waals surface area contributed by atoms with Gasteiger partial charge < -0.3 is 0 Å². The van der Waals surface area contributed by atoms with Crippen LogP contribution in [0.25, 0.3) is 0 Å². The van der Waals surface area contributed by atoms with E-state index in [9.17, 15) is 0 Å². The van der Waals surface area contributed by atoms with Crippen molar-refractivity contribution in [2.45, 2.75) is 122 Å². The molecule has 0 aromatic heterocycles. The number of unbranched alkanes of at least 4 members (excludes halogenated alkanes) is 17. The van der Waals surface area contributed by atoms with E-state index in [0.29, 0.717) is 0 Å². The average Bonchev–Trinajstić information content (AvgIpc) is 2.54. The smallest absolute Gasteiger partial charge is 0.0351 e. The topological polar surface area (TPSA) is 0 Å². The molecular weight excluding hydrogens is 264 g/mol. The summed E-state index contributed by atoms with van der Waals surface area (Å²) in [6.45, 7) is 6.01. The molecule has 0 aliphatic heterocycles. The minimum atomic E-state index is 1.12. The lowest BCUT2D eigenvalue weighted by Crippen LogP contribution is -1.83. The first kappa shape index (κ1) is 21.7. The van der Waals surface area contributed by atoms with Crippen LogP contribution in [0.3, 0.4) is 0 Å². The maximum Gasteiger partial charge on any atom is -0.0351 e. The Morgan fingerprint density at radius 3 is 1.14 bits per heavy atom. The lowest BCUT2D eigenvalue weighted by atomic mass is 10.0. The summed E-state index contributed by atoms with van der Waals surface area (Å²) in [5, 5.41) is 0. The molecule has 0 nitrogen and oxygen atoms in total. The Morgan fingerprint density at radius 2 is 0.818 bits per heavy atom. The van der Waals surface area contributed by atoms with E-state index in [-0.39, 0.29) is 0 Å². The van der Waals surface area contributed by atoms with Gasteiger partial charge in [-0.05, 0) is 19.8 Å². The highest BCUT2D eigenvalue weighted by atomic mass is 14.0. The molecule has 0 heterocycles. The quantitative estimate of drug-likeness (QED) is 0.176. The summed E-state index contributed by atoms with van der Waals surface area (Å²) in [6.07, 6.45) is 30.0. The van der Waals surface area contributed by atoms with Gasteiger partial charge in [-0.25, -0.2) is 0 Å². The van der Waals surface area contributed by atoms with Gasteiger partial charge in [0.05, 0.1) is 0 Å². The van der Waals surface area contributed by atoms with Crippen molar-refractivity contribution in [1.82, 2.24) is 0 Å². The molecular formula is C22H43. The maximum absolute atomic E-state index is 3.90. The van der Waals surface area contributed by atoms with Crippen molar-refractivity contribution in [3.8, 4) is 0 Å². The van der Waals surface area contributed by atoms with Crippen LogP contribution >= 0.6 is 0 Å². The molecule has 1 radical (unpaired) electrons. The minimum absolute atomic E-state index is 1.12. The summed E-state index contributed by atoms with van der Waals surface area (Å²) in [7, 11) is 0. The van der Waals surface area contributed by atoms with Gasteiger partial charge in [0.2, 0.25) is 0 Å². The summed E-state index contributed by atoms with van der Waals surface area (Å²) < 4.78 is 0. The predicted octanol–water partition coefficient (Wildman–Crippen LogP) is 8.42. The summed E-state index contributed by atoms with van der Waals surface area (Å²) in [5.74, 6) is 0. The zero-order valence-corrected chi connectivity index (χ0v) is 15.6. The van der Waals surface area contributed by atoms with Crippen molar-refractivity contribution in [3.63, 3.8) is 0 Å². The van der Waals surface area contributed by atoms with E-state index in [2.05, 4.69) is 26.0 Å². The Balaban J connectivity index is 2.94. The van der Waals surface area contributed by atoms with E-state index in [4.69, 9.17) is 0 Å². The largest absolute Gasteiger partial charge is 0.0917 e. The Hall–Kier alpha value is -0.260. The molecule has 0 bridgehead atoms. The molecule has 0 N–H and O–H groups in total. The molecule has 0 amide bonds. The summed E-state index contributed by atoms with van der Waals surface area (Å²) in [5.41, 5.74) is 0. The highest BCUT2D eigenvalue weighted by Gasteiger charge is 1.94. The lowest BCUT2D eigenvalue weighted by Gasteiger charge is -2.03. The van der Waals surface area contributed by atoms with Crippen LogP contribution in [0.15, 0.2) is 12.2 Å². The van der Waals surface area contributed by atoms with Crippen molar-refractivity contribution in [2.75, 3.05) is 0 Å². The van der Waals surface area contributed by atoms with Crippen molar-refractivity contribution in [3.05, 3.63) is 19.1 Å². The second-order valence-electron chi connectivity index (χ2n) is 6.87. The highest BCUT2D eigenvalue weighted by molar-refractivity contribution is 4.76. The molecule has 0 saturated carbocycles. The summed E-state index contributed by atoms with van der Waals surface area (Å²) in [6, 6.07) is 0. The van der Waals surface area contributed by atoms with Gasteiger partial charge in [-0.1, -0.05) is 122 Å². The van der Waals surface area contributed by atoms with E-state index < -0.39 is 0 Å². The van der Waals surface area contributed by atoms with Crippen molar-refractivity contribution in [2.24, 2.45) is 0 Å². The molecule has 0 aromatic rings. The van der Waals surface area contributed by atoms with Crippen molar-refractivity contribution in [1.29, 1.82) is 0 Å². The molecule has 0 spiro atoms. The fourth-order valence-electron chi connectivity index (χ4n) is 3.08. The Morgan fingerprint density at radius 1 is 0.500 bits per heavy atom. The molecule has 22 heavy (non-hydrogen) atoms. The van der Waals surface area contributed by atoms with Crippen LogP contribution in [0.4, 0.5) is 0 Å². The zero-order chi connectivity index (χ0) is 16.1. The third-order valence-electron chi connectivity index (χ3n) is 4.61. The van der Waals surface area contributed by atoms with Crippen LogP contribution in [-0.2, 0) is 0 Å². The predicted molar refractivity (Wildman–Crippen MR) is 103 cm³/mol. The molecule has 0 unspecified atom stereocenters. The van der Waals surface area contributed by atoms with Gasteiger partial charge in [-0.15, -0.1) is 0 Å². The van der Waals surface area contributed by atoms with Crippen LogP contribution < -0.4 is 0 Å². The van der Waals surface area contributed by atoms with Crippen LogP contribution in [0, 0.1) is 6.92 Å². The van der Waals surface area contributed by atoms with Crippen molar-refractivity contribution < 1.29 is 0 Å². The Bertz CT molecular complexity index is 204. The highest BCUT2D eigenvalue weighted by Crippen LogP contribution is 2.14. The number of hydrogen-bond acceptors (Lipinski definition) is 0. The fraction of sp³-hybridized carbons (Fsp3) is 0.864. The summed E-state index contributed by atoms with van der Waals surface area (Å²) in [4.78, 5) is 0. The second-order valence-corrected chi connectivity index (χ2v) is 6.87. The Kier molecular flexibility index (Phi) is 20.5. The standard InChI is InChI=1S/C22H43/c1-3-5-7-9-11-13-15-17-19-21-22-20-18-16-14-12-10-8-6-4-2/h4,6H,1,3,5,7-22H2,2H3. The molecule has 131 valence electrons. The van der Waals surface area contributed by atoms with Crippen LogP contribution in [-0.4, -0.2) is 0 Å². The van der Waals surface area contributed by atoms with Gasteiger partial charge >= 0.3 is 0 Å². The first-order chi connectivity index (χ1) is 10.9. The third kappa shape index (κ3) is 19.7. The monoisotopic (exact) mass is 307 g/mol. The van der Waals surface area contributed by atoms with Crippen LogP contribution in [0.1, 0.15) is 122 Å². The first-order valence-electron chi connectivity index (χ1n) is 10.3. The number of hydrogen-bond donors (Lipinski definition) is 0. The van der Waals surface area contributed by atoms with Gasteiger partial charge in [0.15, 0.2) is 0 Å². The second kappa shape index (κ2) is 20.7. The number of rotatable bonds is 18. The fourth-order valence-corrected chi connectivity index (χ4v) is 3.08. The van der Waals surface area contributed by atoms with Gasteiger partial charge in [0.25, 0.3) is 0 Å². The molecule has 0 aliphatic rings. The lowest BCUT2D eigenvalue weighted by molar-refractivity contribution is 0.528.